The quantitative estimate of drug-likeness (QED) is 0.126. The van der Waals surface area contributed by atoms with Crippen LogP contribution in [-0.2, 0) is 0 Å². The first kappa shape index (κ1) is 34.2. The van der Waals surface area contributed by atoms with Crippen molar-refractivity contribution in [1.82, 2.24) is 4.98 Å². The van der Waals surface area contributed by atoms with E-state index in [1.54, 1.807) is 0 Å². The number of nitrogens with zero attached hydrogens (tertiary/aromatic N) is 1. The number of hydrogen-bond acceptors (Lipinski definition) is 1. The molecule has 1 nitrogen and oxygen atoms in total. The minimum absolute atomic E-state index is 0.998. The standard InChI is InChI=1S/C59H37N/c1-3-13-44-35-46(31-25-38(44)11-1)40-21-27-42(28-22-40)57-51-17-6-7-18-52(51)58(43-29-23-41(24-30-43)47-32-26-39-12-2-4-14-45(39)36-47)55-37-48(33-34-53(55)57)59-54-19-8-5-15-49(54)50-16-9-10-20-56(50)60-59/h1-37H. The lowest BCUT2D eigenvalue weighted by molar-refractivity contribution is 1.43. The lowest BCUT2D eigenvalue weighted by Crippen LogP contribution is -1.93. The number of benzene rings is 11. The Morgan fingerprint density at radius 2 is 0.617 bits per heavy atom. The number of aromatic nitrogens is 1. The third kappa shape index (κ3) is 5.67. The molecule has 0 spiro atoms. The highest BCUT2D eigenvalue weighted by atomic mass is 14.7. The van der Waals surface area contributed by atoms with Crippen LogP contribution in [-0.4, -0.2) is 4.98 Å². The molecule has 0 radical (unpaired) electrons. The van der Waals surface area contributed by atoms with Gasteiger partial charge in [-0.3, -0.25) is 0 Å². The summed E-state index contributed by atoms with van der Waals surface area (Å²) in [5.41, 5.74) is 12.8. The zero-order chi connectivity index (χ0) is 39.6. The number of hydrogen-bond donors (Lipinski definition) is 0. The summed E-state index contributed by atoms with van der Waals surface area (Å²) in [5, 5.41) is 13.4. The Bertz CT molecular complexity index is 3630. The summed E-state index contributed by atoms with van der Waals surface area (Å²) in [6, 6.07) is 82.1. The van der Waals surface area contributed by atoms with E-state index in [0.29, 0.717) is 0 Å². The molecule has 1 aromatic heterocycles. The van der Waals surface area contributed by atoms with Crippen LogP contribution < -0.4 is 0 Å². The van der Waals surface area contributed by atoms with E-state index in [-0.39, 0.29) is 0 Å². The molecule has 0 fully saturated rings. The van der Waals surface area contributed by atoms with Gasteiger partial charge in [0.05, 0.1) is 11.2 Å². The van der Waals surface area contributed by atoms with Crippen molar-refractivity contribution >= 4 is 64.8 Å². The summed E-state index contributed by atoms with van der Waals surface area (Å²) >= 11 is 0. The first-order valence-corrected chi connectivity index (χ1v) is 20.7. The molecule has 12 rings (SSSR count). The zero-order valence-corrected chi connectivity index (χ0v) is 32.8. The topological polar surface area (TPSA) is 12.9 Å². The lowest BCUT2D eigenvalue weighted by Gasteiger charge is -2.19. The molecule has 12 aromatic rings. The van der Waals surface area contributed by atoms with Crippen molar-refractivity contribution in [2.24, 2.45) is 0 Å². The molecular formula is C59H37N. The molecule has 0 aliphatic rings. The summed E-state index contributed by atoms with van der Waals surface area (Å²) in [6.07, 6.45) is 0. The van der Waals surface area contributed by atoms with Gasteiger partial charge in [-0.2, -0.15) is 0 Å². The van der Waals surface area contributed by atoms with Gasteiger partial charge >= 0.3 is 0 Å². The average molecular weight is 760 g/mol. The molecule has 1 heteroatoms. The van der Waals surface area contributed by atoms with Crippen LogP contribution >= 0.6 is 0 Å². The Labute approximate surface area is 348 Å². The maximum atomic E-state index is 5.35. The molecule has 11 aromatic carbocycles. The highest BCUT2D eigenvalue weighted by molar-refractivity contribution is 6.22. The Morgan fingerprint density at radius 1 is 0.217 bits per heavy atom. The van der Waals surface area contributed by atoms with E-state index in [1.807, 2.05) is 0 Å². The molecule has 60 heavy (non-hydrogen) atoms. The van der Waals surface area contributed by atoms with Gasteiger partial charge in [0.1, 0.15) is 0 Å². The number of fused-ring (bicyclic) bond motifs is 7. The van der Waals surface area contributed by atoms with Crippen molar-refractivity contribution in [3.63, 3.8) is 0 Å². The van der Waals surface area contributed by atoms with Crippen LogP contribution in [0.1, 0.15) is 0 Å². The van der Waals surface area contributed by atoms with E-state index in [4.69, 9.17) is 4.98 Å². The summed E-state index contributed by atoms with van der Waals surface area (Å²) in [4.78, 5) is 5.35. The van der Waals surface area contributed by atoms with Crippen LogP contribution in [0.5, 0.6) is 0 Å². The van der Waals surface area contributed by atoms with Crippen LogP contribution in [0.4, 0.5) is 0 Å². The molecule has 0 aliphatic carbocycles. The molecule has 0 saturated heterocycles. The Balaban J connectivity index is 1.08. The SMILES string of the molecule is c1ccc2cc(-c3ccc(-c4c5ccccc5c(-c5ccc(-c6ccc7ccccc7c6)cc5)c5cc(-c6nc7ccccc7c7ccccc67)ccc45)cc3)ccc2c1. The van der Waals surface area contributed by atoms with Crippen LogP contribution in [0.2, 0.25) is 0 Å². The van der Waals surface area contributed by atoms with Crippen LogP contribution in [0.25, 0.3) is 121 Å². The fraction of sp³-hybridized carbons (Fsp3) is 0. The average Bonchev–Trinajstić information content (AvgIpc) is 3.32. The molecule has 0 atom stereocenters. The maximum Gasteiger partial charge on any atom is 0.0788 e. The third-order valence-electron chi connectivity index (χ3n) is 12.4. The van der Waals surface area contributed by atoms with E-state index in [0.717, 1.165) is 22.2 Å². The maximum absolute atomic E-state index is 5.35. The minimum atomic E-state index is 0.998. The summed E-state index contributed by atoms with van der Waals surface area (Å²) in [6.45, 7) is 0. The van der Waals surface area contributed by atoms with Gasteiger partial charge in [-0.15, -0.1) is 0 Å². The second kappa shape index (κ2) is 13.9. The minimum Gasteiger partial charge on any atom is -0.247 e. The number of rotatable bonds is 5. The predicted octanol–water partition coefficient (Wildman–Crippen LogP) is 16.3. The van der Waals surface area contributed by atoms with Crippen molar-refractivity contribution in [2.75, 3.05) is 0 Å². The van der Waals surface area contributed by atoms with Crippen LogP contribution in [0, 0.1) is 0 Å². The van der Waals surface area contributed by atoms with E-state index in [1.165, 1.54) is 98.4 Å². The first-order chi connectivity index (χ1) is 29.7. The van der Waals surface area contributed by atoms with Gasteiger partial charge in [0.2, 0.25) is 0 Å². The predicted molar refractivity (Wildman–Crippen MR) is 256 cm³/mol. The molecule has 0 saturated carbocycles. The van der Waals surface area contributed by atoms with Gasteiger partial charge < -0.3 is 0 Å². The highest BCUT2D eigenvalue weighted by Gasteiger charge is 2.19. The monoisotopic (exact) mass is 759 g/mol. The van der Waals surface area contributed by atoms with E-state index in [9.17, 15) is 0 Å². The van der Waals surface area contributed by atoms with Gasteiger partial charge in [-0.25, -0.2) is 4.98 Å². The molecule has 0 aliphatic heterocycles. The fourth-order valence-electron chi connectivity index (χ4n) is 9.47. The van der Waals surface area contributed by atoms with Gasteiger partial charge in [-0.1, -0.05) is 200 Å². The molecule has 0 bridgehead atoms. The molecule has 1 heterocycles. The molecule has 0 N–H and O–H groups in total. The zero-order valence-electron chi connectivity index (χ0n) is 32.8. The Hall–Kier alpha value is -7.87. The third-order valence-corrected chi connectivity index (χ3v) is 12.4. The fourth-order valence-corrected chi connectivity index (χ4v) is 9.47. The normalized spacial score (nSPS) is 11.7. The summed E-state index contributed by atoms with van der Waals surface area (Å²) in [7, 11) is 0. The first-order valence-electron chi connectivity index (χ1n) is 20.7. The van der Waals surface area contributed by atoms with E-state index in [2.05, 4.69) is 224 Å². The largest absolute Gasteiger partial charge is 0.247 e. The van der Waals surface area contributed by atoms with Crippen molar-refractivity contribution in [3.05, 3.63) is 224 Å². The smallest absolute Gasteiger partial charge is 0.0788 e. The Kier molecular flexibility index (Phi) is 7.92. The van der Waals surface area contributed by atoms with Crippen molar-refractivity contribution in [1.29, 1.82) is 0 Å². The second-order valence-electron chi connectivity index (χ2n) is 15.9. The summed E-state index contributed by atoms with van der Waals surface area (Å²) in [5.74, 6) is 0. The lowest BCUT2D eigenvalue weighted by atomic mass is 9.84. The number of para-hydroxylation sites is 1. The van der Waals surface area contributed by atoms with Gasteiger partial charge in [0.25, 0.3) is 0 Å². The van der Waals surface area contributed by atoms with E-state index >= 15 is 0 Å². The number of pyridine rings is 1. The molecule has 278 valence electrons. The molecule has 0 amide bonds. The summed E-state index contributed by atoms with van der Waals surface area (Å²) < 4.78 is 0. The molecular weight excluding hydrogens is 723 g/mol. The second-order valence-corrected chi connectivity index (χ2v) is 15.9. The van der Waals surface area contributed by atoms with Crippen molar-refractivity contribution in [3.8, 4) is 55.8 Å². The van der Waals surface area contributed by atoms with Crippen LogP contribution in [0.3, 0.4) is 0 Å². The Morgan fingerprint density at radius 3 is 1.20 bits per heavy atom. The van der Waals surface area contributed by atoms with Gasteiger partial charge in [-0.05, 0) is 117 Å². The van der Waals surface area contributed by atoms with Gasteiger partial charge in [0, 0.05) is 16.3 Å². The van der Waals surface area contributed by atoms with Gasteiger partial charge in [0.15, 0.2) is 0 Å². The van der Waals surface area contributed by atoms with Crippen LogP contribution in [0.15, 0.2) is 224 Å². The van der Waals surface area contributed by atoms with E-state index < -0.39 is 0 Å². The van der Waals surface area contributed by atoms with Crippen molar-refractivity contribution < 1.29 is 0 Å². The highest BCUT2D eigenvalue weighted by Crippen LogP contribution is 2.46. The molecule has 0 unspecified atom stereocenters. The van der Waals surface area contributed by atoms with Crippen molar-refractivity contribution in [2.45, 2.75) is 0 Å².